The lowest BCUT2D eigenvalue weighted by Gasteiger charge is -2.14. The number of halogens is 1. The summed E-state index contributed by atoms with van der Waals surface area (Å²) >= 11 is 3.58. The number of aromatic nitrogens is 1. The number of carbonyl (C=O) groups is 1. The number of hydrogen-bond donors (Lipinski definition) is 1. The van der Waals surface area contributed by atoms with Crippen molar-refractivity contribution in [3.8, 4) is 5.75 Å². The van der Waals surface area contributed by atoms with Gasteiger partial charge in [0, 0.05) is 32.7 Å². The number of fused-ring (bicyclic) bond motifs is 3. The van der Waals surface area contributed by atoms with Crippen LogP contribution in [-0.4, -0.2) is 28.4 Å². The topological polar surface area (TPSA) is 60.7 Å². The zero-order valence-electron chi connectivity index (χ0n) is 19.6. The highest BCUT2D eigenvalue weighted by Gasteiger charge is 2.19. The molecule has 0 aliphatic carbocycles. The minimum Gasteiger partial charge on any atom is -0.492 e. The van der Waals surface area contributed by atoms with E-state index in [0.29, 0.717) is 19.6 Å². The molecule has 1 aromatic heterocycles. The highest BCUT2D eigenvalue weighted by atomic mass is 79.9. The molecule has 5 aromatic rings. The van der Waals surface area contributed by atoms with Crippen LogP contribution >= 0.6 is 15.9 Å². The number of rotatable bonds is 10. The second kappa shape index (κ2) is 11.0. The fourth-order valence-corrected chi connectivity index (χ4v) is 4.81. The predicted molar refractivity (Wildman–Crippen MR) is 145 cm³/mol. The monoisotopic (exact) mass is 543 g/mol. The fraction of sp³-hybridized carbons (Fsp3) is 0.167. The van der Waals surface area contributed by atoms with Crippen molar-refractivity contribution in [2.75, 3.05) is 6.61 Å². The molecular weight excluding hydrogens is 518 g/mol. The van der Waals surface area contributed by atoms with Gasteiger partial charge in [0.25, 0.3) is 0 Å². The number of benzene rings is 4. The van der Waals surface area contributed by atoms with Crippen molar-refractivity contribution in [2.45, 2.75) is 25.7 Å². The summed E-state index contributed by atoms with van der Waals surface area (Å²) in [5, 5.41) is 12.0. The Morgan fingerprint density at radius 2 is 1.56 bits per heavy atom. The average Bonchev–Trinajstić information content (AvgIpc) is 3.20. The fourth-order valence-electron chi connectivity index (χ4n) is 4.45. The zero-order valence-corrected chi connectivity index (χ0v) is 21.2. The summed E-state index contributed by atoms with van der Waals surface area (Å²) in [5.74, 6) is -0.219. The minimum absolute atomic E-state index is 0.263. The van der Waals surface area contributed by atoms with Crippen LogP contribution < -0.4 is 4.74 Å². The van der Waals surface area contributed by atoms with Crippen LogP contribution in [0.3, 0.4) is 0 Å². The third-order valence-corrected chi connectivity index (χ3v) is 6.73. The van der Waals surface area contributed by atoms with Crippen LogP contribution in [0.5, 0.6) is 5.75 Å². The average molecular weight is 544 g/mol. The normalized spacial score (nSPS) is 12.1. The van der Waals surface area contributed by atoms with Crippen LogP contribution in [0.1, 0.15) is 11.1 Å². The van der Waals surface area contributed by atoms with Crippen molar-refractivity contribution in [3.05, 3.63) is 113 Å². The van der Waals surface area contributed by atoms with E-state index >= 15 is 0 Å². The Bertz CT molecular complexity index is 1480. The first-order chi connectivity index (χ1) is 17.6. The molecule has 6 heteroatoms. The van der Waals surface area contributed by atoms with E-state index in [9.17, 15) is 9.90 Å². The highest BCUT2D eigenvalue weighted by Crippen LogP contribution is 2.31. The van der Waals surface area contributed by atoms with Crippen molar-refractivity contribution in [1.29, 1.82) is 0 Å². The molecule has 0 saturated carbocycles. The lowest BCUT2D eigenvalue weighted by Crippen LogP contribution is -2.26. The summed E-state index contributed by atoms with van der Waals surface area (Å²) in [6.07, 6.45) is -0.619. The van der Waals surface area contributed by atoms with E-state index in [1.807, 2.05) is 54.6 Å². The van der Waals surface area contributed by atoms with Gasteiger partial charge in [-0.25, -0.2) is 4.79 Å². The predicted octanol–water partition coefficient (Wildman–Crippen LogP) is 6.85. The third kappa shape index (κ3) is 5.45. The molecule has 182 valence electrons. The zero-order chi connectivity index (χ0) is 24.9. The van der Waals surface area contributed by atoms with Gasteiger partial charge in [0.05, 0.1) is 13.2 Å². The Labute approximate surface area is 218 Å². The van der Waals surface area contributed by atoms with Crippen molar-refractivity contribution in [3.63, 3.8) is 0 Å². The van der Waals surface area contributed by atoms with Crippen LogP contribution in [0.2, 0.25) is 0 Å². The molecule has 0 amide bonds. The first-order valence-corrected chi connectivity index (χ1v) is 12.6. The van der Waals surface area contributed by atoms with Gasteiger partial charge in [-0.3, -0.25) is 0 Å². The molecule has 1 heterocycles. The van der Waals surface area contributed by atoms with Crippen LogP contribution in [0, 0.1) is 0 Å². The second-order valence-electron chi connectivity index (χ2n) is 8.65. The van der Waals surface area contributed by atoms with E-state index in [4.69, 9.17) is 9.47 Å². The molecule has 1 atom stereocenters. The summed E-state index contributed by atoms with van der Waals surface area (Å²) in [6.45, 7) is 1.49. The molecule has 0 bridgehead atoms. The number of carboxylic acids is 1. The maximum absolute atomic E-state index is 11.7. The number of para-hydroxylation sites is 1. The standard InChI is InChI=1S/C30H26BrNO4/c31-23-12-15-28-26(19-23)25-8-4-5-9-27(25)32(28)16-17-35-24-13-10-21(11-14-24)18-29(30(33)34)36-20-22-6-2-1-3-7-22/h1-15,19,29H,16-18,20H2,(H,33,34). The molecule has 5 nitrogen and oxygen atoms in total. The number of carboxylic acid groups (broad SMARTS) is 1. The third-order valence-electron chi connectivity index (χ3n) is 6.23. The Morgan fingerprint density at radius 1 is 0.833 bits per heavy atom. The molecule has 5 rings (SSSR count). The van der Waals surface area contributed by atoms with E-state index in [2.05, 4.69) is 63.0 Å². The summed E-state index contributed by atoms with van der Waals surface area (Å²) in [7, 11) is 0. The second-order valence-corrected chi connectivity index (χ2v) is 9.57. The van der Waals surface area contributed by atoms with E-state index in [1.54, 1.807) is 0 Å². The largest absolute Gasteiger partial charge is 0.492 e. The van der Waals surface area contributed by atoms with Crippen LogP contribution in [0.15, 0.2) is 102 Å². The first kappa shape index (κ1) is 24.1. The van der Waals surface area contributed by atoms with Gasteiger partial charge in [0.1, 0.15) is 12.4 Å². The van der Waals surface area contributed by atoms with Crippen molar-refractivity contribution >= 4 is 43.7 Å². The summed E-state index contributed by atoms with van der Waals surface area (Å²) in [5.41, 5.74) is 4.19. The molecule has 36 heavy (non-hydrogen) atoms. The number of ether oxygens (including phenoxy) is 2. The van der Waals surface area contributed by atoms with Crippen LogP contribution in [0.25, 0.3) is 21.8 Å². The smallest absolute Gasteiger partial charge is 0.333 e. The summed E-state index contributed by atoms with van der Waals surface area (Å²) < 4.78 is 15.1. The molecule has 4 aromatic carbocycles. The summed E-state index contributed by atoms with van der Waals surface area (Å²) in [6, 6.07) is 31.9. The van der Waals surface area contributed by atoms with Crippen LogP contribution in [-0.2, 0) is 29.1 Å². The van der Waals surface area contributed by atoms with Gasteiger partial charge in [-0.15, -0.1) is 0 Å². The molecule has 0 aliphatic rings. The van der Waals surface area contributed by atoms with E-state index in [1.165, 1.54) is 21.8 Å². The van der Waals surface area contributed by atoms with Crippen molar-refractivity contribution < 1.29 is 19.4 Å². The summed E-state index contributed by atoms with van der Waals surface area (Å²) in [4.78, 5) is 11.7. The van der Waals surface area contributed by atoms with Gasteiger partial charge >= 0.3 is 5.97 Å². The van der Waals surface area contributed by atoms with Crippen LogP contribution in [0.4, 0.5) is 0 Å². The molecular formula is C30H26BrNO4. The Morgan fingerprint density at radius 3 is 2.33 bits per heavy atom. The first-order valence-electron chi connectivity index (χ1n) is 11.8. The number of hydrogen-bond acceptors (Lipinski definition) is 3. The SMILES string of the molecule is O=C(O)C(Cc1ccc(OCCn2c3ccccc3c3cc(Br)ccc32)cc1)OCc1ccccc1. The molecule has 1 N–H and O–H groups in total. The molecule has 0 fully saturated rings. The molecule has 1 unspecified atom stereocenters. The lowest BCUT2D eigenvalue weighted by molar-refractivity contribution is -0.151. The lowest BCUT2D eigenvalue weighted by atomic mass is 10.1. The quantitative estimate of drug-likeness (QED) is 0.209. The van der Waals surface area contributed by atoms with E-state index < -0.39 is 12.1 Å². The maximum atomic E-state index is 11.7. The Balaban J connectivity index is 1.21. The van der Waals surface area contributed by atoms with Gasteiger partial charge < -0.3 is 19.1 Å². The van der Waals surface area contributed by atoms with E-state index in [0.717, 1.165) is 21.3 Å². The van der Waals surface area contributed by atoms with Crippen molar-refractivity contribution in [2.24, 2.45) is 0 Å². The Hall–Kier alpha value is -3.61. The van der Waals surface area contributed by atoms with Crippen molar-refractivity contribution in [1.82, 2.24) is 4.57 Å². The molecule has 0 radical (unpaired) electrons. The maximum Gasteiger partial charge on any atom is 0.333 e. The van der Waals surface area contributed by atoms with Gasteiger partial charge in [0.2, 0.25) is 0 Å². The van der Waals surface area contributed by atoms with Gasteiger partial charge in [-0.2, -0.15) is 0 Å². The number of nitrogens with zero attached hydrogens (tertiary/aromatic N) is 1. The molecule has 0 saturated heterocycles. The highest BCUT2D eigenvalue weighted by molar-refractivity contribution is 9.10. The van der Waals surface area contributed by atoms with Gasteiger partial charge in [-0.1, -0.05) is 76.6 Å². The van der Waals surface area contributed by atoms with Gasteiger partial charge in [0.15, 0.2) is 6.10 Å². The molecule has 0 spiro atoms. The minimum atomic E-state index is -0.968. The molecule has 0 aliphatic heterocycles. The number of aliphatic carboxylic acids is 1. The van der Waals surface area contributed by atoms with Gasteiger partial charge in [-0.05, 0) is 47.5 Å². The Kier molecular flexibility index (Phi) is 7.35. The van der Waals surface area contributed by atoms with E-state index in [-0.39, 0.29) is 6.61 Å².